The van der Waals surface area contributed by atoms with Crippen LogP contribution in [0.2, 0.25) is 0 Å². The van der Waals surface area contributed by atoms with Gasteiger partial charge in [0.25, 0.3) is 0 Å². The first kappa shape index (κ1) is 7.90. The standard InChI is InChI=1S/C11H15N/c1-2-5-10(6-3-1)11-7-4-8-12-9-11/h4,7-8,10,12H,1-3,5-6H2. The highest BCUT2D eigenvalue weighted by atomic mass is 14.8. The van der Waals surface area contributed by atoms with Crippen molar-refractivity contribution in [2.75, 3.05) is 0 Å². The molecule has 1 N–H and O–H groups in total. The summed E-state index contributed by atoms with van der Waals surface area (Å²) in [6.45, 7) is 3.21. The van der Waals surface area contributed by atoms with Gasteiger partial charge in [0, 0.05) is 0 Å². The fraction of sp³-hybridized carbons (Fsp3) is 0.545. The van der Waals surface area contributed by atoms with Crippen molar-refractivity contribution in [2.24, 2.45) is 5.92 Å². The summed E-state index contributed by atoms with van der Waals surface area (Å²) < 4.78 is 0. The topological polar surface area (TPSA) is 12.0 Å². The summed E-state index contributed by atoms with van der Waals surface area (Å²) in [5, 5.41) is 3.03. The molecule has 0 amide bonds. The van der Waals surface area contributed by atoms with Gasteiger partial charge in [-0.25, -0.2) is 0 Å². The second-order valence-electron chi connectivity index (χ2n) is 3.59. The quantitative estimate of drug-likeness (QED) is 0.623. The highest BCUT2D eigenvalue weighted by Crippen LogP contribution is 2.30. The highest BCUT2D eigenvalue weighted by Gasteiger charge is 2.18. The fourth-order valence-electron chi connectivity index (χ4n) is 2.02. The van der Waals surface area contributed by atoms with Crippen molar-refractivity contribution in [1.29, 1.82) is 0 Å². The zero-order valence-corrected chi connectivity index (χ0v) is 7.34. The van der Waals surface area contributed by atoms with Gasteiger partial charge in [0.15, 0.2) is 0 Å². The van der Waals surface area contributed by atoms with Crippen LogP contribution in [-0.2, 0) is 0 Å². The monoisotopic (exact) mass is 161 g/mol. The van der Waals surface area contributed by atoms with Crippen molar-refractivity contribution >= 4 is 0 Å². The summed E-state index contributed by atoms with van der Waals surface area (Å²) in [5.41, 5.74) is 1.37. The number of nitrogens with one attached hydrogen (secondary N) is 1. The minimum absolute atomic E-state index is 0.774. The average molecular weight is 161 g/mol. The van der Waals surface area contributed by atoms with Gasteiger partial charge in [-0.1, -0.05) is 25.3 Å². The summed E-state index contributed by atoms with van der Waals surface area (Å²) in [5.74, 6) is 0.774. The second-order valence-corrected chi connectivity index (χ2v) is 3.59. The van der Waals surface area contributed by atoms with Gasteiger partial charge in [0.1, 0.15) is 6.54 Å². The minimum atomic E-state index is 0.774. The Morgan fingerprint density at radius 1 is 1.25 bits per heavy atom. The molecule has 2 rings (SSSR count). The molecule has 0 aromatic rings. The second kappa shape index (κ2) is 3.79. The molecule has 1 aliphatic heterocycles. The number of rotatable bonds is 1. The van der Waals surface area contributed by atoms with Crippen molar-refractivity contribution in [3.8, 4) is 0 Å². The molecule has 1 heteroatoms. The van der Waals surface area contributed by atoms with E-state index in [1.807, 2.05) is 6.20 Å². The van der Waals surface area contributed by atoms with Crippen molar-refractivity contribution < 1.29 is 0 Å². The first-order valence-corrected chi connectivity index (χ1v) is 4.85. The molecule has 0 aromatic carbocycles. The van der Waals surface area contributed by atoms with E-state index in [4.69, 9.17) is 0 Å². The summed E-state index contributed by atoms with van der Waals surface area (Å²) in [7, 11) is 0. The summed E-state index contributed by atoms with van der Waals surface area (Å²) in [6.07, 6.45) is 13.1. The van der Waals surface area contributed by atoms with Crippen LogP contribution in [-0.4, -0.2) is 0 Å². The van der Waals surface area contributed by atoms with E-state index in [0.717, 1.165) is 5.92 Å². The molecule has 1 saturated carbocycles. The van der Waals surface area contributed by atoms with Crippen LogP contribution in [0.1, 0.15) is 32.1 Å². The van der Waals surface area contributed by atoms with Crippen molar-refractivity contribution in [1.82, 2.24) is 5.32 Å². The fourth-order valence-corrected chi connectivity index (χ4v) is 2.02. The largest absolute Gasteiger partial charge is 0.377 e. The van der Waals surface area contributed by atoms with Crippen LogP contribution in [0, 0.1) is 12.5 Å². The maximum atomic E-state index is 3.21. The Morgan fingerprint density at radius 2 is 2.08 bits per heavy atom. The molecule has 0 saturated heterocycles. The first-order chi connectivity index (χ1) is 5.97. The predicted octanol–water partition coefficient (Wildman–Crippen LogP) is 2.65. The van der Waals surface area contributed by atoms with Gasteiger partial charge in [-0.15, -0.1) is 0 Å². The number of dihydropyridines is 1. The van der Waals surface area contributed by atoms with Gasteiger partial charge < -0.3 is 5.32 Å². The van der Waals surface area contributed by atoms with Gasteiger partial charge >= 0.3 is 0 Å². The van der Waals surface area contributed by atoms with Crippen LogP contribution < -0.4 is 5.32 Å². The van der Waals surface area contributed by atoms with Crippen LogP contribution in [0.3, 0.4) is 0 Å². The molecule has 2 aliphatic rings. The van der Waals surface area contributed by atoms with Crippen LogP contribution >= 0.6 is 0 Å². The Labute approximate surface area is 74.5 Å². The molecule has 12 heavy (non-hydrogen) atoms. The normalized spacial score (nSPS) is 24.8. The van der Waals surface area contributed by atoms with Crippen LogP contribution in [0.25, 0.3) is 0 Å². The zero-order valence-electron chi connectivity index (χ0n) is 7.34. The molecule has 0 atom stereocenters. The molecule has 1 nitrogen and oxygen atoms in total. The molecule has 1 aliphatic carbocycles. The van der Waals surface area contributed by atoms with E-state index >= 15 is 0 Å². The molecule has 0 unspecified atom stereocenters. The number of allylic oxidation sites excluding steroid dienone is 2. The highest BCUT2D eigenvalue weighted by molar-refractivity contribution is 5.26. The Kier molecular flexibility index (Phi) is 2.50. The van der Waals surface area contributed by atoms with Gasteiger partial charge in [-0.3, -0.25) is 0 Å². The van der Waals surface area contributed by atoms with E-state index in [1.54, 1.807) is 0 Å². The van der Waals surface area contributed by atoms with Crippen molar-refractivity contribution in [3.05, 3.63) is 30.5 Å². The van der Waals surface area contributed by atoms with E-state index in [2.05, 4.69) is 24.0 Å². The van der Waals surface area contributed by atoms with E-state index in [0.29, 0.717) is 0 Å². The Balaban J connectivity index is 1.97. The lowest BCUT2D eigenvalue weighted by Crippen LogP contribution is -2.16. The lowest BCUT2D eigenvalue weighted by Gasteiger charge is -2.24. The average Bonchev–Trinajstić information content (AvgIpc) is 2.21. The molecule has 2 radical (unpaired) electrons. The van der Waals surface area contributed by atoms with Gasteiger partial charge in [0.2, 0.25) is 0 Å². The lowest BCUT2D eigenvalue weighted by atomic mass is 9.83. The van der Waals surface area contributed by atoms with E-state index in [-0.39, 0.29) is 0 Å². The van der Waals surface area contributed by atoms with Crippen LogP contribution in [0.15, 0.2) is 23.9 Å². The third-order valence-corrected chi connectivity index (χ3v) is 2.72. The summed E-state index contributed by atoms with van der Waals surface area (Å²) in [6, 6.07) is 0. The zero-order chi connectivity index (χ0) is 8.23. The molecule has 1 heterocycles. The molecule has 0 aromatic heterocycles. The summed E-state index contributed by atoms with van der Waals surface area (Å²) >= 11 is 0. The first-order valence-electron chi connectivity index (χ1n) is 4.85. The van der Waals surface area contributed by atoms with E-state index in [9.17, 15) is 0 Å². The Morgan fingerprint density at radius 3 is 2.75 bits per heavy atom. The third-order valence-electron chi connectivity index (χ3n) is 2.72. The number of hydrogen-bond acceptors (Lipinski definition) is 1. The van der Waals surface area contributed by atoms with Gasteiger partial charge in [0.05, 0.1) is 0 Å². The Hall–Kier alpha value is -0.720. The minimum Gasteiger partial charge on any atom is -0.377 e. The van der Waals surface area contributed by atoms with E-state index in [1.165, 1.54) is 37.7 Å². The Bertz CT molecular complexity index is 197. The predicted molar refractivity (Wildman–Crippen MR) is 50.2 cm³/mol. The van der Waals surface area contributed by atoms with Crippen LogP contribution in [0.4, 0.5) is 0 Å². The smallest absolute Gasteiger partial charge is 0.118 e. The lowest BCUT2D eigenvalue weighted by molar-refractivity contribution is 0.403. The summed E-state index contributed by atoms with van der Waals surface area (Å²) in [4.78, 5) is 0. The maximum absolute atomic E-state index is 3.21. The van der Waals surface area contributed by atoms with Gasteiger partial charge in [-0.05, 0) is 36.6 Å². The number of hydrogen-bond donors (Lipinski definition) is 1. The molecular formula is C11H15N. The van der Waals surface area contributed by atoms with E-state index < -0.39 is 0 Å². The SMILES string of the molecule is [C]1NC=CC=C1C1CCCCC1. The maximum Gasteiger partial charge on any atom is 0.118 e. The van der Waals surface area contributed by atoms with Crippen molar-refractivity contribution in [3.63, 3.8) is 0 Å². The van der Waals surface area contributed by atoms with Crippen LogP contribution in [0.5, 0.6) is 0 Å². The molecule has 1 fully saturated rings. The molecule has 0 bridgehead atoms. The molecule has 0 spiro atoms. The third kappa shape index (κ3) is 1.71. The van der Waals surface area contributed by atoms with Crippen molar-refractivity contribution in [2.45, 2.75) is 32.1 Å². The molecule has 64 valence electrons. The van der Waals surface area contributed by atoms with Gasteiger partial charge in [-0.2, -0.15) is 0 Å². The molecular weight excluding hydrogens is 146 g/mol.